The monoisotopic (exact) mass is 273 g/mol. The molecule has 0 aliphatic rings. The first-order valence-corrected chi connectivity index (χ1v) is 5.51. The van der Waals surface area contributed by atoms with E-state index in [0.29, 0.717) is 0 Å². The van der Waals surface area contributed by atoms with Crippen LogP contribution < -0.4 is 0 Å². The minimum atomic E-state index is -0.347. The minimum Gasteiger partial charge on any atom is -0.245 e. The van der Waals surface area contributed by atoms with Crippen molar-refractivity contribution in [1.29, 1.82) is 5.26 Å². The van der Waals surface area contributed by atoms with Crippen LogP contribution in [0.15, 0.2) is 47.3 Å². The molecule has 0 spiro atoms. The fraction of sp³-hybridized carbons (Fsp3) is 0.0833. The number of benzene rings is 1. The molecular weight excluding hydrogens is 266 g/mol. The van der Waals surface area contributed by atoms with Crippen molar-refractivity contribution in [3.63, 3.8) is 0 Å². The molecule has 1 heterocycles. The normalized spacial score (nSPS) is 11.8. The molecule has 0 N–H and O–H groups in total. The standard InChI is InChI=1S/C12H8BrN3/c13-10-3-1-2-9(6-10)11(7-14)12-4-5-15-8-16-12/h1-6,8,11H. The van der Waals surface area contributed by atoms with Gasteiger partial charge in [0.15, 0.2) is 0 Å². The lowest BCUT2D eigenvalue weighted by atomic mass is 9.97. The third-order valence-electron chi connectivity index (χ3n) is 2.21. The highest BCUT2D eigenvalue weighted by molar-refractivity contribution is 9.10. The molecule has 0 amide bonds. The van der Waals surface area contributed by atoms with Gasteiger partial charge in [0.2, 0.25) is 0 Å². The largest absolute Gasteiger partial charge is 0.245 e. The van der Waals surface area contributed by atoms with Gasteiger partial charge in [-0.25, -0.2) is 9.97 Å². The summed E-state index contributed by atoms with van der Waals surface area (Å²) in [5, 5.41) is 9.20. The summed E-state index contributed by atoms with van der Waals surface area (Å²) in [5.41, 5.74) is 1.64. The predicted octanol–water partition coefficient (Wildman–Crippen LogP) is 2.89. The van der Waals surface area contributed by atoms with Crippen LogP contribution in [0.5, 0.6) is 0 Å². The van der Waals surface area contributed by atoms with Gasteiger partial charge in [0.05, 0.1) is 11.8 Å². The van der Waals surface area contributed by atoms with Crippen molar-refractivity contribution in [1.82, 2.24) is 9.97 Å². The quantitative estimate of drug-likeness (QED) is 0.846. The Morgan fingerprint density at radius 1 is 1.31 bits per heavy atom. The molecule has 78 valence electrons. The van der Waals surface area contributed by atoms with E-state index in [1.165, 1.54) is 6.33 Å². The van der Waals surface area contributed by atoms with Crippen molar-refractivity contribution in [3.05, 3.63) is 58.6 Å². The summed E-state index contributed by atoms with van der Waals surface area (Å²) < 4.78 is 0.958. The van der Waals surface area contributed by atoms with Gasteiger partial charge >= 0.3 is 0 Å². The van der Waals surface area contributed by atoms with Crippen LogP contribution in [0.25, 0.3) is 0 Å². The lowest BCUT2D eigenvalue weighted by Crippen LogP contribution is -2.00. The average molecular weight is 274 g/mol. The summed E-state index contributed by atoms with van der Waals surface area (Å²) in [6.45, 7) is 0. The molecule has 0 fully saturated rings. The Labute approximate surface area is 102 Å². The first kappa shape index (κ1) is 10.8. The third kappa shape index (κ3) is 2.26. The van der Waals surface area contributed by atoms with Gasteiger partial charge in [-0.3, -0.25) is 0 Å². The fourth-order valence-electron chi connectivity index (χ4n) is 1.47. The van der Waals surface area contributed by atoms with Crippen LogP contribution in [-0.2, 0) is 0 Å². The molecule has 0 bridgehead atoms. The molecule has 0 aliphatic carbocycles. The Kier molecular flexibility index (Phi) is 3.28. The van der Waals surface area contributed by atoms with Gasteiger partial charge in [-0.2, -0.15) is 5.26 Å². The number of aromatic nitrogens is 2. The summed E-state index contributed by atoms with van der Waals surface area (Å²) in [5.74, 6) is -0.347. The number of hydrogen-bond donors (Lipinski definition) is 0. The molecule has 2 aromatic rings. The molecule has 0 aliphatic heterocycles. The van der Waals surface area contributed by atoms with Crippen LogP contribution in [0.2, 0.25) is 0 Å². The van der Waals surface area contributed by atoms with E-state index in [1.54, 1.807) is 12.3 Å². The number of hydrogen-bond acceptors (Lipinski definition) is 3. The number of rotatable bonds is 2. The summed E-state index contributed by atoms with van der Waals surface area (Å²) in [6.07, 6.45) is 3.10. The van der Waals surface area contributed by atoms with E-state index < -0.39 is 0 Å². The number of nitriles is 1. The molecule has 0 saturated heterocycles. The van der Waals surface area contributed by atoms with Gasteiger partial charge < -0.3 is 0 Å². The van der Waals surface area contributed by atoms with E-state index in [0.717, 1.165) is 15.7 Å². The average Bonchev–Trinajstić information content (AvgIpc) is 2.31. The van der Waals surface area contributed by atoms with Crippen molar-refractivity contribution in [2.75, 3.05) is 0 Å². The van der Waals surface area contributed by atoms with E-state index >= 15 is 0 Å². The molecule has 2 rings (SSSR count). The molecule has 16 heavy (non-hydrogen) atoms. The van der Waals surface area contributed by atoms with Gasteiger partial charge in [0.1, 0.15) is 12.2 Å². The van der Waals surface area contributed by atoms with Crippen molar-refractivity contribution in [3.8, 4) is 6.07 Å². The minimum absolute atomic E-state index is 0.347. The maximum Gasteiger partial charge on any atom is 0.115 e. The summed E-state index contributed by atoms with van der Waals surface area (Å²) in [4.78, 5) is 7.95. The molecule has 1 unspecified atom stereocenters. The van der Waals surface area contributed by atoms with Crippen LogP contribution in [0.3, 0.4) is 0 Å². The SMILES string of the molecule is N#CC(c1cccc(Br)c1)c1ccncn1. The maximum atomic E-state index is 9.20. The molecule has 4 heteroatoms. The lowest BCUT2D eigenvalue weighted by molar-refractivity contribution is 0.942. The number of nitrogens with zero attached hydrogens (tertiary/aromatic N) is 3. The van der Waals surface area contributed by atoms with Crippen LogP contribution in [0.4, 0.5) is 0 Å². The second-order valence-corrected chi connectivity index (χ2v) is 4.17. The van der Waals surface area contributed by atoms with Gasteiger partial charge in [0.25, 0.3) is 0 Å². The van der Waals surface area contributed by atoms with Crippen molar-refractivity contribution in [2.24, 2.45) is 0 Å². The van der Waals surface area contributed by atoms with Crippen LogP contribution >= 0.6 is 15.9 Å². The lowest BCUT2D eigenvalue weighted by Gasteiger charge is -2.08. The van der Waals surface area contributed by atoms with E-state index in [1.807, 2.05) is 24.3 Å². The molecule has 0 radical (unpaired) electrons. The van der Waals surface area contributed by atoms with Crippen molar-refractivity contribution in [2.45, 2.75) is 5.92 Å². The third-order valence-corrected chi connectivity index (χ3v) is 2.70. The van der Waals surface area contributed by atoms with E-state index in [2.05, 4.69) is 32.0 Å². The maximum absolute atomic E-state index is 9.20. The Balaban J connectivity index is 2.42. The van der Waals surface area contributed by atoms with Crippen molar-refractivity contribution >= 4 is 15.9 Å². The van der Waals surface area contributed by atoms with E-state index in [4.69, 9.17) is 0 Å². The Hall–Kier alpha value is -1.73. The van der Waals surface area contributed by atoms with Crippen molar-refractivity contribution < 1.29 is 0 Å². The predicted molar refractivity (Wildman–Crippen MR) is 63.6 cm³/mol. The zero-order valence-corrected chi connectivity index (χ0v) is 9.92. The van der Waals surface area contributed by atoms with Gasteiger partial charge in [0, 0.05) is 10.7 Å². The van der Waals surface area contributed by atoms with Crippen LogP contribution in [-0.4, -0.2) is 9.97 Å². The van der Waals surface area contributed by atoms with Crippen LogP contribution in [0, 0.1) is 11.3 Å². The second kappa shape index (κ2) is 4.86. The zero-order valence-electron chi connectivity index (χ0n) is 8.34. The molecule has 1 aromatic carbocycles. The molecule has 3 nitrogen and oxygen atoms in total. The van der Waals surface area contributed by atoms with Gasteiger partial charge in [-0.05, 0) is 23.8 Å². The molecule has 0 saturated carbocycles. The molecular formula is C12H8BrN3. The van der Waals surface area contributed by atoms with Gasteiger partial charge in [-0.1, -0.05) is 28.1 Å². The first-order chi connectivity index (χ1) is 7.81. The summed E-state index contributed by atoms with van der Waals surface area (Å²) in [6, 6.07) is 11.7. The molecule has 1 atom stereocenters. The molecule has 1 aromatic heterocycles. The summed E-state index contributed by atoms with van der Waals surface area (Å²) >= 11 is 3.39. The zero-order chi connectivity index (χ0) is 11.4. The Bertz CT molecular complexity index is 519. The van der Waals surface area contributed by atoms with Crippen LogP contribution in [0.1, 0.15) is 17.2 Å². The summed E-state index contributed by atoms with van der Waals surface area (Å²) in [7, 11) is 0. The Morgan fingerprint density at radius 3 is 2.81 bits per heavy atom. The van der Waals surface area contributed by atoms with Gasteiger partial charge in [-0.15, -0.1) is 0 Å². The topological polar surface area (TPSA) is 49.6 Å². The highest BCUT2D eigenvalue weighted by Crippen LogP contribution is 2.24. The highest BCUT2D eigenvalue weighted by Gasteiger charge is 2.14. The highest BCUT2D eigenvalue weighted by atomic mass is 79.9. The van der Waals surface area contributed by atoms with E-state index in [9.17, 15) is 5.26 Å². The smallest absolute Gasteiger partial charge is 0.115 e. The fourth-order valence-corrected chi connectivity index (χ4v) is 1.89. The second-order valence-electron chi connectivity index (χ2n) is 3.25. The Morgan fingerprint density at radius 2 is 2.19 bits per heavy atom. The number of halogens is 1. The van der Waals surface area contributed by atoms with E-state index in [-0.39, 0.29) is 5.92 Å². The first-order valence-electron chi connectivity index (χ1n) is 4.72.